The standard InChI is InChI=1S/C24H31N3O2/c1-5-26(6-2)20-13-11-19(12-14-20)25-24(29)18-15-23(28)27(16-18)22-10-8-7-9-21(22)17(3)4/h7-14,17-18H,5-6,15-16H2,1-4H3,(H,25,29). The third-order valence-corrected chi connectivity index (χ3v) is 5.61. The van der Waals surface area contributed by atoms with Crippen molar-refractivity contribution in [1.82, 2.24) is 0 Å². The summed E-state index contributed by atoms with van der Waals surface area (Å²) in [4.78, 5) is 29.5. The zero-order chi connectivity index (χ0) is 21.0. The van der Waals surface area contributed by atoms with Crippen molar-refractivity contribution in [3.8, 4) is 0 Å². The Balaban J connectivity index is 1.68. The summed E-state index contributed by atoms with van der Waals surface area (Å²) in [6, 6.07) is 15.9. The van der Waals surface area contributed by atoms with Gasteiger partial charge < -0.3 is 15.1 Å². The van der Waals surface area contributed by atoms with Crippen molar-refractivity contribution in [3.63, 3.8) is 0 Å². The van der Waals surface area contributed by atoms with Gasteiger partial charge in [0, 0.05) is 43.1 Å². The number of nitrogens with zero attached hydrogens (tertiary/aromatic N) is 2. The average Bonchev–Trinajstić information content (AvgIpc) is 3.12. The molecule has 29 heavy (non-hydrogen) atoms. The summed E-state index contributed by atoms with van der Waals surface area (Å²) >= 11 is 0. The number of anilines is 3. The molecular formula is C24H31N3O2. The molecule has 0 radical (unpaired) electrons. The highest BCUT2D eigenvalue weighted by Crippen LogP contribution is 2.32. The molecule has 1 fully saturated rings. The van der Waals surface area contributed by atoms with Crippen LogP contribution in [0.1, 0.15) is 45.6 Å². The molecule has 5 heteroatoms. The number of para-hydroxylation sites is 1. The number of hydrogen-bond acceptors (Lipinski definition) is 3. The van der Waals surface area contributed by atoms with Crippen LogP contribution in [0.25, 0.3) is 0 Å². The molecule has 0 aromatic heterocycles. The first-order chi connectivity index (χ1) is 13.9. The number of rotatable bonds is 7. The minimum atomic E-state index is -0.342. The molecule has 1 N–H and O–H groups in total. The summed E-state index contributed by atoms with van der Waals surface area (Å²) in [7, 11) is 0. The number of nitrogens with one attached hydrogen (secondary N) is 1. The van der Waals surface area contributed by atoms with Gasteiger partial charge in [0.05, 0.1) is 5.92 Å². The average molecular weight is 394 g/mol. The lowest BCUT2D eigenvalue weighted by Crippen LogP contribution is -2.29. The van der Waals surface area contributed by atoms with Crippen LogP contribution in [0.2, 0.25) is 0 Å². The van der Waals surface area contributed by atoms with Gasteiger partial charge in [-0.2, -0.15) is 0 Å². The van der Waals surface area contributed by atoms with Crippen LogP contribution in [0, 0.1) is 5.92 Å². The van der Waals surface area contributed by atoms with Gasteiger partial charge in [-0.15, -0.1) is 0 Å². The lowest BCUT2D eigenvalue weighted by Gasteiger charge is -2.22. The van der Waals surface area contributed by atoms with Crippen LogP contribution < -0.4 is 15.1 Å². The van der Waals surface area contributed by atoms with E-state index in [4.69, 9.17) is 0 Å². The number of carbonyl (C=O) groups excluding carboxylic acids is 2. The normalized spacial score (nSPS) is 16.4. The first-order valence-corrected chi connectivity index (χ1v) is 10.5. The highest BCUT2D eigenvalue weighted by Gasteiger charge is 2.36. The van der Waals surface area contributed by atoms with Crippen molar-refractivity contribution in [2.24, 2.45) is 5.92 Å². The SMILES string of the molecule is CCN(CC)c1ccc(NC(=O)C2CC(=O)N(c3ccccc3C(C)C)C2)cc1. The highest BCUT2D eigenvalue weighted by atomic mass is 16.2. The van der Waals surface area contributed by atoms with Crippen LogP contribution in [0.3, 0.4) is 0 Å². The summed E-state index contributed by atoms with van der Waals surface area (Å²) in [5.74, 6) is -0.116. The Morgan fingerprint density at radius 2 is 1.76 bits per heavy atom. The molecule has 154 valence electrons. The zero-order valence-corrected chi connectivity index (χ0v) is 17.8. The maximum atomic E-state index is 12.8. The largest absolute Gasteiger partial charge is 0.372 e. The first-order valence-electron chi connectivity index (χ1n) is 10.5. The first kappa shape index (κ1) is 20.9. The van der Waals surface area contributed by atoms with E-state index in [9.17, 15) is 9.59 Å². The van der Waals surface area contributed by atoms with Crippen LogP contribution in [-0.2, 0) is 9.59 Å². The van der Waals surface area contributed by atoms with Crippen molar-refractivity contribution in [2.45, 2.75) is 40.0 Å². The summed E-state index contributed by atoms with van der Waals surface area (Å²) in [6.07, 6.45) is 0.246. The van der Waals surface area contributed by atoms with Crippen LogP contribution in [-0.4, -0.2) is 31.4 Å². The van der Waals surface area contributed by atoms with Crippen LogP contribution >= 0.6 is 0 Å². The van der Waals surface area contributed by atoms with E-state index in [1.807, 2.05) is 42.5 Å². The summed E-state index contributed by atoms with van der Waals surface area (Å²) in [5.41, 5.74) is 3.96. The number of hydrogen-bond donors (Lipinski definition) is 1. The Morgan fingerprint density at radius 1 is 1.10 bits per heavy atom. The second-order valence-corrected chi connectivity index (χ2v) is 7.83. The lowest BCUT2D eigenvalue weighted by molar-refractivity contribution is -0.122. The molecule has 1 unspecified atom stereocenters. The predicted molar refractivity (Wildman–Crippen MR) is 120 cm³/mol. The van der Waals surface area contributed by atoms with Gasteiger partial charge in [0.1, 0.15) is 0 Å². The third-order valence-electron chi connectivity index (χ3n) is 5.61. The third kappa shape index (κ3) is 4.61. The van der Waals surface area contributed by atoms with Gasteiger partial charge in [0.2, 0.25) is 11.8 Å². The van der Waals surface area contributed by atoms with E-state index < -0.39 is 0 Å². The van der Waals surface area contributed by atoms with E-state index >= 15 is 0 Å². The molecule has 5 nitrogen and oxygen atoms in total. The van der Waals surface area contributed by atoms with Gasteiger partial charge in [0.25, 0.3) is 0 Å². The Hall–Kier alpha value is -2.82. The van der Waals surface area contributed by atoms with Gasteiger partial charge in [-0.3, -0.25) is 9.59 Å². The summed E-state index contributed by atoms with van der Waals surface area (Å²) < 4.78 is 0. The molecule has 1 saturated heterocycles. The fraction of sp³-hybridized carbons (Fsp3) is 0.417. The molecule has 1 atom stereocenters. The molecule has 1 aliphatic rings. The predicted octanol–water partition coefficient (Wildman–Crippen LogP) is 4.65. The van der Waals surface area contributed by atoms with Gasteiger partial charge in [-0.05, 0) is 55.7 Å². The Bertz CT molecular complexity index is 857. The van der Waals surface area contributed by atoms with E-state index in [-0.39, 0.29) is 24.2 Å². The van der Waals surface area contributed by atoms with Crippen molar-refractivity contribution in [3.05, 3.63) is 54.1 Å². The molecule has 1 aliphatic heterocycles. The molecule has 3 rings (SSSR count). The van der Waals surface area contributed by atoms with Crippen LogP contribution in [0.15, 0.2) is 48.5 Å². The minimum absolute atomic E-state index is 0.00938. The Morgan fingerprint density at radius 3 is 2.38 bits per heavy atom. The van der Waals surface area contributed by atoms with Gasteiger partial charge >= 0.3 is 0 Å². The fourth-order valence-electron chi connectivity index (χ4n) is 3.93. The quantitative estimate of drug-likeness (QED) is 0.745. The molecule has 2 aromatic rings. The number of benzene rings is 2. The van der Waals surface area contributed by atoms with Gasteiger partial charge in [-0.25, -0.2) is 0 Å². The molecule has 1 heterocycles. The molecule has 2 amide bonds. The zero-order valence-electron chi connectivity index (χ0n) is 17.8. The van der Waals surface area contributed by atoms with Crippen molar-refractivity contribution < 1.29 is 9.59 Å². The topological polar surface area (TPSA) is 52.7 Å². The fourth-order valence-corrected chi connectivity index (χ4v) is 3.93. The maximum absolute atomic E-state index is 12.8. The molecule has 2 aromatic carbocycles. The van der Waals surface area contributed by atoms with Crippen LogP contribution in [0.4, 0.5) is 17.1 Å². The monoisotopic (exact) mass is 393 g/mol. The van der Waals surface area contributed by atoms with E-state index in [1.54, 1.807) is 4.90 Å². The lowest BCUT2D eigenvalue weighted by atomic mass is 10.0. The summed E-state index contributed by atoms with van der Waals surface area (Å²) in [5, 5.41) is 2.98. The van der Waals surface area contributed by atoms with E-state index in [0.717, 1.165) is 35.7 Å². The molecule has 0 aliphatic carbocycles. The molecule has 0 bridgehead atoms. The number of carbonyl (C=O) groups is 2. The minimum Gasteiger partial charge on any atom is -0.372 e. The Labute approximate surface area is 173 Å². The highest BCUT2D eigenvalue weighted by molar-refractivity contribution is 6.04. The van der Waals surface area contributed by atoms with Crippen LogP contribution in [0.5, 0.6) is 0 Å². The molecular weight excluding hydrogens is 362 g/mol. The number of amides is 2. The van der Waals surface area contributed by atoms with E-state index in [1.165, 1.54) is 0 Å². The Kier molecular flexibility index (Phi) is 6.57. The smallest absolute Gasteiger partial charge is 0.229 e. The second-order valence-electron chi connectivity index (χ2n) is 7.83. The van der Waals surface area contributed by atoms with Crippen molar-refractivity contribution in [1.29, 1.82) is 0 Å². The second kappa shape index (κ2) is 9.12. The van der Waals surface area contributed by atoms with Crippen molar-refractivity contribution >= 4 is 28.9 Å². The van der Waals surface area contributed by atoms with Gasteiger partial charge in [0.15, 0.2) is 0 Å². The summed E-state index contributed by atoms with van der Waals surface area (Å²) in [6.45, 7) is 10.8. The van der Waals surface area contributed by atoms with Gasteiger partial charge in [-0.1, -0.05) is 32.0 Å². The van der Waals surface area contributed by atoms with Crippen molar-refractivity contribution in [2.75, 3.05) is 34.8 Å². The van der Waals surface area contributed by atoms with E-state index in [0.29, 0.717) is 12.5 Å². The maximum Gasteiger partial charge on any atom is 0.229 e. The molecule has 0 spiro atoms. The van der Waals surface area contributed by atoms with E-state index in [2.05, 4.69) is 44.0 Å². The molecule has 0 saturated carbocycles.